The van der Waals surface area contributed by atoms with Gasteiger partial charge in [0.15, 0.2) is 11.5 Å². The Kier molecular flexibility index (Phi) is 5.13. The van der Waals surface area contributed by atoms with E-state index in [9.17, 15) is 22.3 Å². The fourth-order valence-corrected chi connectivity index (χ4v) is 3.04. The van der Waals surface area contributed by atoms with Crippen LogP contribution >= 0.6 is 0 Å². The van der Waals surface area contributed by atoms with Crippen molar-refractivity contribution in [2.45, 2.75) is 26.3 Å². The Bertz CT molecular complexity index is 1080. The minimum absolute atomic E-state index is 0.0894. The minimum Gasteiger partial charge on any atom is -0.347 e. The number of aromatic nitrogens is 3. The molecule has 8 nitrogen and oxygen atoms in total. The monoisotopic (exact) mass is 409 g/mol. The van der Waals surface area contributed by atoms with E-state index in [1.807, 2.05) is 0 Å². The number of halogens is 2. The van der Waals surface area contributed by atoms with Crippen LogP contribution in [0.1, 0.15) is 31.1 Å². The lowest BCUT2D eigenvalue weighted by Crippen LogP contribution is -2.40. The van der Waals surface area contributed by atoms with Gasteiger partial charge >= 0.3 is 0 Å². The van der Waals surface area contributed by atoms with Gasteiger partial charge in [0.25, 0.3) is 17.2 Å². The van der Waals surface area contributed by atoms with Crippen molar-refractivity contribution < 1.29 is 22.3 Å². The molecule has 3 aromatic rings. The summed E-state index contributed by atoms with van der Waals surface area (Å²) in [6.07, 6.45) is 2.69. The van der Waals surface area contributed by atoms with Crippen molar-refractivity contribution in [2.75, 3.05) is 4.31 Å². The van der Waals surface area contributed by atoms with Crippen molar-refractivity contribution in [1.29, 1.82) is 0 Å². The molecule has 2 N–H and O–H groups in total. The number of rotatable bonds is 4. The van der Waals surface area contributed by atoms with E-state index in [2.05, 4.69) is 15.4 Å². The van der Waals surface area contributed by atoms with Gasteiger partial charge in [0, 0.05) is 23.9 Å². The predicted octanol–water partition coefficient (Wildman–Crippen LogP) is 2.81. The van der Waals surface area contributed by atoms with Crippen molar-refractivity contribution >= 4 is 34.3 Å². The lowest BCUT2D eigenvalue weighted by molar-refractivity contribution is 0.0921. The third-order valence-electron chi connectivity index (χ3n) is 3.58. The molecule has 0 radical (unpaired) electrons. The van der Waals surface area contributed by atoms with Crippen LogP contribution in [0, 0.1) is 11.6 Å². The van der Waals surface area contributed by atoms with E-state index in [-0.39, 0.29) is 17.0 Å². The summed E-state index contributed by atoms with van der Waals surface area (Å²) in [5.74, 6) is -2.31. The second-order valence-corrected chi connectivity index (χ2v) is 7.76. The van der Waals surface area contributed by atoms with Crippen molar-refractivity contribution in [3.8, 4) is 0 Å². The Hall–Kier alpha value is -2.92. The van der Waals surface area contributed by atoms with E-state index >= 15 is 0 Å². The Morgan fingerprint density at radius 2 is 2.00 bits per heavy atom. The van der Waals surface area contributed by atoms with E-state index in [4.69, 9.17) is 0 Å². The maximum atomic E-state index is 14.1. The summed E-state index contributed by atoms with van der Waals surface area (Å²) in [6.45, 7) is 5.41. The first-order valence-electron chi connectivity index (χ1n) is 8.10. The first-order chi connectivity index (χ1) is 13.1. The molecule has 1 atom stereocenters. The topological polar surface area (TPSA) is 99.8 Å². The van der Waals surface area contributed by atoms with Crippen LogP contribution in [0.2, 0.25) is 0 Å². The van der Waals surface area contributed by atoms with Gasteiger partial charge < -0.3 is 5.32 Å². The van der Waals surface area contributed by atoms with Gasteiger partial charge in [-0.15, -0.1) is 0 Å². The van der Waals surface area contributed by atoms with Crippen LogP contribution in [0.25, 0.3) is 5.65 Å². The number of fused-ring (bicyclic) bond motifs is 1. The van der Waals surface area contributed by atoms with Crippen LogP contribution in [0.3, 0.4) is 0 Å². The summed E-state index contributed by atoms with van der Waals surface area (Å²) in [4.78, 5) is 16.7. The molecular weight excluding hydrogens is 392 g/mol. The van der Waals surface area contributed by atoms with Crippen LogP contribution in [0.5, 0.6) is 0 Å². The number of hydrogen-bond acceptors (Lipinski definition) is 4. The molecule has 1 unspecified atom stereocenters. The molecule has 1 aromatic carbocycles. The Morgan fingerprint density at radius 3 is 2.64 bits per heavy atom. The fourth-order valence-electron chi connectivity index (χ4n) is 2.47. The molecule has 28 heavy (non-hydrogen) atoms. The lowest BCUT2D eigenvalue weighted by Gasteiger charge is -2.20. The highest BCUT2D eigenvalue weighted by Crippen LogP contribution is 2.29. The van der Waals surface area contributed by atoms with Crippen LogP contribution < -0.4 is 9.62 Å². The average molecular weight is 409 g/mol. The van der Waals surface area contributed by atoms with E-state index in [0.717, 1.165) is 18.2 Å². The zero-order valence-electron chi connectivity index (χ0n) is 15.2. The second kappa shape index (κ2) is 7.24. The number of carbonyl (C=O) groups excluding carboxylic acids is 1. The number of carbonyl (C=O) groups is 1. The van der Waals surface area contributed by atoms with Gasteiger partial charge in [-0.25, -0.2) is 26.8 Å². The zero-order chi connectivity index (χ0) is 20.6. The van der Waals surface area contributed by atoms with Crippen LogP contribution in [0.15, 0.2) is 36.7 Å². The first-order valence-corrected chi connectivity index (χ1v) is 9.16. The predicted molar refractivity (Wildman–Crippen MR) is 99.5 cm³/mol. The molecule has 0 aliphatic carbocycles. The molecule has 11 heteroatoms. The molecule has 0 saturated heterocycles. The highest BCUT2D eigenvalue weighted by Gasteiger charge is 2.24. The highest BCUT2D eigenvalue weighted by atomic mass is 32.2. The van der Waals surface area contributed by atoms with Gasteiger partial charge in [-0.1, -0.05) is 0 Å². The molecular formula is C17H17F2N5O3S. The summed E-state index contributed by atoms with van der Waals surface area (Å²) in [6, 6.07) is 3.80. The maximum Gasteiger partial charge on any atom is 0.268 e. The molecule has 0 fully saturated rings. The zero-order valence-corrected chi connectivity index (χ0v) is 16.0. The van der Waals surface area contributed by atoms with Gasteiger partial charge in [-0.05, 0) is 32.9 Å². The number of anilines is 2. The van der Waals surface area contributed by atoms with Gasteiger partial charge in [0.1, 0.15) is 17.2 Å². The van der Waals surface area contributed by atoms with Crippen LogP contribution in [0.4, 0.5) is 20.3 Å². The van der Waals surface area contributed by atoms with E-state index in [1.165, 1.54) is 23.0 Å². The summed E-state index contributed by atoms with van der Waals surface area (Å²) in [5.41, 5.74) is -0.767. The lowest BCUT2D eigenvalue weighted by atomic mass is 10.1. The van der Waals surface area contributed by atoms with Gasteiger partial charge in [-0.2, -0.15) is 5.10 Å². The average Bonchev–Trinajstić information content (AvgIpc) is 3.00. The first kappa shape index (κ1) is 19.8. The second-order valence-electron chi connectivity index (χ2n) is 6.94. The Balaban J connectivity index is 2.11. The van der Waals surface area contributed by atoms with Crippen molar-refractivity contribution in [3.05, 3.63) is 53.9 Å². The van der Waals surface area contributed by atoms with Crippen LogP contribution in [-0.2, 0) is 11.3 Å². The molecule has 2 aromatic heterocycles. The quantitative estimate of drug-likeness (QED) is 0.646. The molecule has 0 aliphatic heterocycles. The molecule has 3 rings (SSSR count). The SMILES string of the molecule is CC(C)(C)NC(=O)c1cnn2ccc(N(c3cc(F)ccc3F)S(=O)O)nc12. The Morgan fingerprint density at radius 1 is 1.29 bits per heavy atom. The molecule has 148 valence electrons. The number of nitrogens with one attached hydrogen (secondary N) is 1. The van der Waals surface area contributed by atoms with Crippen molar-refractivity contribution in [3.63, 3.8) is 0 Å². The van der Waals surface area contributed by atoms with E-state index in [1.54, 1.807) is 20.8 Å². The normalized spacial score (nSPS) is 12.8. The smallest absolute Gasteiger partial charge is 0.268 e. The standard InChI is InChI=1S/C17H17F2N5O3S/c1-17(2,3)22-16(25)11-9-20-23-7-6-14(21-15(11)23)24(28(26)27)13-8-10(18)4-5-12(13)19/h4-9H,1-3H3,(H,22,25)(H,26,27). The highest BCUT2D eigenvalue weighted by molar-refractivity contribution is 7.81. The van der Waals surface area contributed by atoms with Gasteiger partial charge in [-0.3, -0.25) is 9.35 Å². The molecule has 2 heterocycles. The summed E-state index contributed by atoms with van der Waals surface area (Å²) in [7, 11) is 0. The number of amides is 1. The molecule has 0 spiro atoms. The Labute approximate surface area is 161 Å². The fraction of sp³-hybridized carbons (Fsp3) is 0.235. The maximum absolute atomic E-state index is 14.1. The molecule has 1 amide bonds. The van der Waals surface area contributed by atoms with Crippen molar-refractivity contribution in [2.24, 2.45) is 0 Å². The third kappa shape index (κ3) is 3.99. The largest absolute Gasteiger partial charge is 0.347 e. The summed E-state index contributed by atoms with van der Waals surface area (Å²) >= 11 is -2.75. The summed E-state index contributed by atoms with van der Waals surface area (Å²) < 4.78 is 51.1. The van der Waals surface area contributed by atoms with Crippen molar-refractivity contribution in [1.82, 2.24) is 19.9 Å². The number of nitrogens with zero attached hydrogens (tertiary/aromatic N) is 4. The van der Waals surface area contributed by atoms with E-state index in [0.29, 0.717) is 4.31 Å². The third-order valence-corrected chi connectivity index (χ3v) is 4.27. The molecule has 0 saturated carbocycles. The molecule has 0 aliphatic rings. The van der Waals surface area contributed by atoms with Gasteiger partial charge in [0.2, 0.25) is 0 Å². The number of hydrogen-bond donors (Lipinski definition) is 2. The molecule has 0 bridgehead atoms. The number of benzene rings is 1. The minimum atomic E-state index is -2.75. The summed E-state index contributed by atoms with van der Waals surface area (Å²) in [5, 5.41) is 6.79. The van der Waals surface area contributed by atoms with Gasteiger partial charge in [0.05, 0.1) is 11.9 Å². The van der Waals surface area contributed by atoms with Crippen LogP contribution in [-0.4, -0.2) is 34.8 Å². The van der Waals surface area contributed by atoms with E-state index < -0.39 is 40.0 Å².